The van der Waals surface area contributed by atoms with E-state index in [1.165, 1.54) is 7.11 Å². The Balaban J connectivity index is 1.89. The summed E-state index contributed by atoms with van der Waals surface area (Å²) in [6.45, 7) is 6.81. The van der Waals surface area contributed by atoms with Crippen LogP contribution in [0, 0.1) is 0 Å². The highest BCUT2D eigenvalue weighted by Crippen LogP contribution is 2.43. The van der Waals surface area contributed by atoms with E-state index in [1.807, 2.05) is 26.8 Å². The van der Waals surface area contributed by atoms with E-state index in [4.69, 9.17) is 21.1 Å². The van der Waals surface area contributed by atoms with Crippen molar-refractivity contribution in [2.45, 2.75) is 32.4 Å². The molecule has 0 saturated carbocycles. The van der Waals surface area contributed by atoms with Gasteiger partial charge in [0.1, 0.15) is 5.60 Å². The van der Waals surface area contributed by atoms with Crippen LogP contribution in [-0.4, -0.2) is 54.1 Å². The van der Waals surface area contributed by atoms with E-state index >= 15 is 0 Å². The monoisotopic (exact) mass is 352 g/mol. The molecule has 0 bridgehead atoms. The standard InChI is InChI=1S/C17H21ClN2O4/c1-17(2,3)24-16(22)19-7-8-20-12(9-19)10-5-6-11(18)14(23-4)13(10)15(20)21/h5-6,12H,7-9H2,1-4H3. The van der Waals surface area contributed by atoms with Crippen LogP contribution >= 0.6 is 11.6 Å². The van der Waals surface area contributed by atoms with Crippen LogP contribution in [0.5, 0.6) is 5.75 Å². The van der Waals surface area contributed by atoms with Crippen molar-refractivity contribution < 1.29 is 19.1 Å². The van der Waals surface area contributed by atoms with E-state index in [9.17, 15) is 9.59 Å². The zero-order valence-electron chi connectivity index (χ0n) is 14.3. The molecule has 2 heterocycles. The molecular weight excluding hydrogens is 332 g/mol. The minimum absolute atomic E-state index is 0.0989. The first kappa shape index (κ1) is 16.9. The average molecular weight is 353 g/mol. The predicted octanol–water partition coefficient (Wildman–Crippen LogP) is 3.10. The number of carbonyl (C=O) groups excluding carboxylic acids is 2. The van der Waals surface area contributed by atoms with Gasteiger partial charge in [0.05, 0.1) is 23.7 Å². The van der Waals surface area contributed by atoms with E-state index in [1.54, 1.807) is 15.9 Å². The first-order chi connectivity index (χ1) is 11.2. The smallest absolute Gasteiger partial charge is 0.410 e. The van der Waals surface area contributed by atoms with Crippen molar-refractivity contribution in [3.63, 3.8) is 0 Å². The summed E-state index contributed by atoms with van der Waals surface area (Å²) >= 11 is 6.14. The van der Waals surface area contributed by atoms with Gasteiger partial charge in [0.25, 0.3) is 5.91 Å². The van der Waals surface area contributed by atoms with E-state index in [0.717, 1.165) is 5.56 Å². The fourth-order valence-electron chi connectivity index (χ4n) is 3.20. The number of carbonyl (C=O) groups is 2. The second kappa shape index (κ2) is 5.84. The lowest BCUT2D eigenvalue weighted by molar-refractivity contribution is 0.00656. The second-order valence-corrected chi connectivity index (χ2v) is 7.39. The van der Waals surface area contributed by atoms with Crippen LogP contribution in [0.2, 0.25) is 5.02 Å². The van der Waals surface area contributed by atoms with E-state index in [2.05, 4.69) is 0 Å². The molecule has 24 heavy (non-hydrogen) atoms. The van der Waals surface area contributed by atoms with Gasteiger partial charge in [-0.3, -0.25) is 4.79 Å². The fraction of sp³-hybridized carbons (Fsp3) is 0.529. The van der Waals surface area contributed by atoms with E-state index in [-0.39, 0.29) is 18.0 Å². The van der Waals surface area contributed by atoms with Crippen molar-refractivity contribution in [1.82, 2.24) is 9.80 Å². The lowest BCUT2D eigenvalue weighted by Crippen LogP contribution is -2.50. The molecule has 6 nitrogen and oxygen atoms in total. The lowest BCUT2D eigenvalue weighted by atomic mass is 10.0. The number of benzene rings is 1. The Morgan fingerprint density at radius 1 is 1.29 bits per heavy atom. The normalized spacial score (nSPS) is 19.9. The number of amides is 2. The molecule has 7 heteroatoms. The number of hydrogen-bond donors (Lipinski definition) is 0. The maximum absolute atomic E-state index is 12.7. The van der Waals surface area contributed by atoms with Gasteiger partial charge in [-0.2, -0.15) is 0 Å². The summed E-state index contributed by atoms with van der Waals surface area (Å²) in [5.41, 5.74) is 0.796. The molecule has 0 N–H and O–H groups in total. The molecule has 0 radical (unpaired) electrons. The summed E-state index contributed by atoms with van der Waals surface area (Å²) in [5, 5.41) is 0.411. The minimum Gasteiger partial charge on any atom is -0.494 e. The van der Waals surface area contributed by atoms with Crippen molar-refractivity contribution in [2.24, 2.45) is 0 Å². The molecule has 2 aliphatic rings. The quantitative estimate of drug-likeness (QED) is 0.779. The van der Waals surface area contributed by atoms with Gasteiger partial charge < -0.3 is 19.3 Å². The predicted molar refractivity (Wildman–Crippen MR) is 89.6 cm³/mol. The molecular formula is C17H21ClN2O4. The molecule has 3 rings (SSSR count). The van der Waals surface area contributed by atoms with Crippen molar-refractivity contribution in [1.29, 1.82) is 0 Å². The summed E-state index contributed by atoms with van der Waals surface area (Å²) < 4.78 is 10.8. The van der Waals surface area contributed by atoms with Gasteiger partial charge >= 0.3 is 6.09 Å². The highest BCUT2D eigenvalue weighted by atomic mass is 35.5. The Kier molecular flexibility index (Phi) is 4.11. The SMILES string of the molecule is COc1c(Cl)ccc2c1C(=O)N1CCN(C(=O)OC(C)(C)C)CC21. The van der Waals surface area contributed by atoms with E-state index < -0.39 is 5.60 Å². The largest absolute Gasteiger partial charge is 0.494 e. The number of fused-ring (bicyclic) bond motifs is 3. The highest BCUT2D eigenvalue weighted by molar-refractivity contribution is 6.33. The summed E-state index contributed by atoms with van der Waals surface area (Å²) in [6, 6.07) is 3.36. The Hall–Kier alpha value is -1.95. The molecule has 0 aliphatic carbocycles. The summed E-state index contributed by atoms with van der Waals surface area (Å²) in [5.74, 6) is 0.301. The van der Waals surface area contributed by atoms with Gasteiger partial charge in [-0.05, 0) is 32.4 Å². The minimum atomic E-state index is -0.547. The molecule has 2 amide bonds. The molecule has 0 spiro atoms. The van der Waals surface area contributed by atoms with Gasteiger partial charge in [0.2, 0.25) is 0 Å². The van der Waals surface area contributed by atoms with Crippen LogP contribution in [0.4, 0.5) is 4.79 Å². The third-order valence-electron chi connectivity index (χ3n) is 4.21. The second-order valence-electron chi connectivity index (χ2n) is 6.99. The molecule has 1 aromatic rings. The lowest BCUT2D eigenvalue weighted by Gasteiger charge is -2.38. The summed E-state index contributed by atoms with van der Waals surface area (Å²) in [6.07, 6.45) is -0.357. The van der Waals surface area contributed by atoms with Gasteiger partial charge in [0.15, 0.2) is 5.75 Å². The number of rotatable bonds is 1. The highest BCUT2D eigenvalue weighted by Gasteiger charge is 2.44. The van der Waals surface area contributed by atoms with Crippen LogP contribution < -0.4 is 4.74 Å². The van der Waals surface area contributed by atoms with Crippen LogP contribution in [-0.2, 0) is 4.74 Å². The first-order valence-corrected chi connectivity index (χ1v) is 8.26. The number of halogens is 1. The third-order valence-corrected chi connectivity index (χ3v) is 4.51. The molecule has 1 atom stereocenters. The topological polar surface area (TPSA) is 59.1 Å². The zero-order valence-corrected chi connectivity index (χ0v) is 15.0. The zero-order chi connectivity index (χ0) is 17.6. The van der Waals surface area contributed by atoms with Crippen molar-refractivity contribution in [2.75, 3.05) is 26.7 Å². The van der Waals surface area contributed by atoms with Crippen LogP contribution in [0.15, 0.2) is 12.1 Å². The molecule has 1 saturated heterocycles. The van der Waals surface area contributed by atoms with Crippen LogP contribution in [0.25, 0.3) is 0 Å². The molecule has 1 aromatic carbocycles. The Labute approximate surface area is 146 Å². The Morgan fingerprint density at radius 2 is 2.00 bits per heavy atom. The number of ether oxygens (including phenoxy) is 2. The maximum Gasteiger partial charge on any atom is 0.410 e. The molecule has 130 valence electrons. The van der Waals surface area contributed by atoms with Gasteiger partial charge in [-0.1, -0.05) is 17.7 Å². The fourth-order valence-corrected chi connectivity index (χ4v) is 3.43. The Morgan fingerprint density at radius 3 is 2.62 bits per heavy atom. The molecule has 2 aliphatic heterocycles. The van der Waals surface area contributed by atoms with Gasteiger partial charge in [-0.15, -0.1) is 0 Å². The number of piperazine rings is 1. The van der Waals surface area contributed by atoms with Crippen molar-refractivity contribution in [3.8, 4) is 5.75 Å². The van der Waals surface area contributed by atoms with E-state index in [0.29, 0.717) is 36.0 Å². The first-order valence-electron chi connectivity index (χ1n) is 7.88. The number of nitrogens with zero attached hydrogens (tertiary/aromatic N) is 2. The van der Waals surface area contributed by atoms with Crippen LogP contribution in [0.1, 0.15) is 42.7 Å². The van der Waals surface area contributed by atoms with Crippen molar-refractivity contribution in [3.05, 3.63) is 28.3 Å². The Bertz CT molecular complexity index is 699. The van der Waals surface area contributed by atoms with Gasteiger partial charge in [-0.25, -0.2) is 4.79 Å². The average Bonchev–Trinajstić information content (AvgIpc) is 2.78. The third kappa shape index (κ3) is 2.79. The number of methoxy groups -OCH3 is 1. The van der Waals surface area contributed by atoms with Gasteiger partial charge in [0, 0.05) is 19.6 Å². The molecule has 1 fully saturated rings. The summed E-state index contributed by atoms with van der Waals surface area (Å²) in [4.78, 5) is 28.5. The molecule has 1 unspecified atom stereocenters. The number of hydrogen-bond acceptors (Lipinski definition) is 4. The van der Waals surface area contributed by atoms with Crippen molar-refractivity contribution >= 4 is 23.6 Å². The molecule has 0 aromatic heterocycles. The van der Waals surface area contributed by atoms with Crippen LogP contribution in [0.3, 0.4) is 0 Å². The summed E-state index contributed by atoms with van der Waals surface area (Å²) in [7, 11) is 1.50. The maximum atomic E-state index is 12.7.